The maximum Gasteiger partial charge on any atom is 0.265 e. The Morgan fingerprint density at radius 2 is 1.78 bits per heavy atom. The van der Waals surface area contributed by atoms with Crippen molar-refractivity contribution in [2.24, 2.45) is 5.84 Å². The van der Waals surface area contributed by atoms with Crippen molar-refractivity contribution < 1.29 is 13.2 Å². The SMILES string of the molecule is CCCS(=O)(=O)Nc1ccc(Cc2ccc(C(=O)NN)cc2)c(N(C)C)c1. The number of nitrogens with one attached hydrogen (secondary N) is 2. The summed E-state index contributed by atoms with van der Waals surface area (Å²) in [6, 6.07) is 12.7. The summed E-state index contributed by atoms with van der Waals surface area (Å²) in [5.74, 6) is 4.90. The van der Waals surface area contributed by atoms with Crippen LogP contribution >= 0.6 is 0 Å². The molecule has 7 nitrogen and oxygen atoms in total. The van der Waals surface area contributed by atoms with E-state index in [1.807, 2.05) is 50.2 Å². The molecule has 0 fully saturated rings. The molecule has 0 atom stereocenters. The van der Waals surface area contributed by atoms with Crippen molar-refractivity contribution in [3.63, 3.8) is 0 Å². The molecule has 0 aliphatic rings. The molecule has 0 aromatic heterocycles. The molecule has 0 aliphatic heterocycles. The van der Waals surface area contributed by atoms with Gasteiger partial charge in [0, 0.05) is 25.3 Å². The van der Waals surface area contributed by atoms with E-state index in [-0.39, 0.29) is 11.7 Å². The van der Waals surface area contributed by atoms with Crippen molar-refractivity contribution >= 4 is 27.3 Å². The van der Waals surface area contributed by atoms with E-state index in [9.17, 15) is 13.2 Å². The van der Waals surface area contributed by atoms with Gasteiger partial charge >= 0.3 is 0 Å². The fourth-order valence-electron chi connectivity index (χ4n) is 2.77. The Balaban J connectivity index is 2.25. The van der Waals surface area contributed by atoms with E-state index >= 15 is 0 Å². The predicted molar refractivity (Wildman–Crippen MR) is 109 cm³/mol. The highest BCUT2D eigenvalue weighted by molar-refractivity contribution is 7.92. The van der Waals surface area contributed by atoms with Gasteiger partial charge in [0.05, 0.1) is 11.4 Å². The number of nitrogens with zero attached hydrogens (tertiary/aromatic N) is 1. The van der Waals surface area contributed by atoms with Gasteiger partial charge in [0.15, 0.2) is 0 Å². The highest BCUT2D eigenvalue weighted by atomic mass is 32.2. The number of hydrogen-bond donors (Lipinski definition) is 3. The molecule has 2 rings (SSSR count). The lowest BCUT2D eigenvalue weighted by atomic mass is 10.0. The maximum absolute atomic E-state index is 12.0. The van der Waals surface area contributed by atoms with Crippen molar-refractivity contribution in [1.82, 2.24) is 5.43 Å². The zero-order valence-corrected chi connectivity index (χ0v) is 16.6. The normalized spacial score (nSPS) is 11.1. The van der Waals surface area contributed by atoms with Gasteiger partial charge in [-0.05, 0) is 48.2 Å². The van der Waals surface area contributed by atoms with Gasteiger partial charge in [0.1, 0.15) is 0 Å². The quantitative estimate of drug-likeness (QED) is 0.364. The molecule has 0 aliphatic carbocycles. The predicted octanol–water partition coefficient (Wildman–Crippen LogP) is 2.10. The molecule has 2 aromatic rings. The summed E-state index contributed by atoms with van der Waals surface area (Å²) in [6.45, 7) is 1.83. The van der Waals surface area contributed by atoms with Crippen molar-refractivity contribution in [2.75, 3.05) is 29.5 Å². The summed E-state index contributed by atoms with van der Waals surface area (Å²) in [4.78, 5) is 13.5. The third kappa shape index (κ3) is 5.70. The third-order valence-corrected chi connectivity index (χ3v) is 5.55. The minimum Gasteiger partial charge on any atom is -0.377 e. The number of amides is 1. The number of hydrazine groups is 1. The van der Waals surface area contributed by atoms with Crippen LogP contribution in [0.15, 0.2) is 42.5 Å². The van der Waals surface area contributed by atoms with Crippen LogP contribution in [-0.2, 0) is 16.4 Å². The van der Waals surface area contributed by atoms with E-state index < -0.39 is 10.0 Å². The number of hydrogen-bond acceptors (Lipinski definition) is 5. The van der Waals surface area contributed by atoms with Crippen LogP contribution in [0.25, 0.3) is 0 Å². The fraction of sp³-hybridized carbons (Fsp3) is 0.316. The zero-order valence-electron chi connectivity index (χ0n) is 15.8. The molecule has 0 heterocycles. The molecule has 2 aromatic carbocycles. The minimum atomic E-state index is -3.33. The molecule has 0 radical (unpaired) electrons. The van der Waals surface area contributed by atoms with Crippen molar-refractivity contribution in [1.29, 1.82) is 0 Å². The first kappa shape index (κ1) is 20.7. The number of sulfonamides is 1. The van der Waals surface area contributed by atoms with Gasteiger partial charge in [-0.15, -0.1) is 0 Å². The maximum atomic E-state index is 12.0. The average Bonchev–Trinajstić information content (AvgIpc) is 2.62. The van der Waals surface area contributed by atoms with Crippen LogP contribution in [0.1, 0.15) is 34.8 Å². The lowest BCUT2D eigenvalue weighted by Gasteiger charge is -2.19. The number of anilines is 2. The van der Waals surface area contributed by atoms with Crippen LogP contribution in [0.2, 0.25) is 0 Å². The van der Waals surface area contributed by atoms with Gasteiger partial charge in [0.2, 0.25) is 10.0 Å². The number of nitrogen functional groups attached to an aromatic ring is 1. The summed E-state index contributed by atoms with van der Waals surface area (Å²) >= 11 is 0. The standard InChI is InChI=1S/C19H26N4O3S/c1-4-11-27(25,26)22-17-10-9-16(18(13-17)23(2)3)12-14-5-7-15(8-6-14)19(24)21-20/h5-10,13,22H,4,11-12,20H2,1-3H3,(H,21,24). The molecule has 0 spiro atoms. The van der Waals surface area contributed by atoms with Crippen LogP contribution in [0.3, 0.4) is 0 Å². The van der Waals surface area contributed by atoms with E-state index in [0.29, 0.717) is 24.1 Å². The van der Waals surface area contributed by atoms with E-state index in [0.717, 1.165) is 16.8 Å². The first-order valence-electron chi connectivity index (χ1n) is 8.66. The van der Waals surface area contributed by atoms with Crippen LogP contribution in [0, 0.1) is 0 Å². The Morgan fingerprint density at radius 1 is 1.11 bits per heavy atom. The Bertz CT molecular complexity index is 894. The molecule has 8 heteroatoms. The number of benzene rings is 2. The van der Waals surface area contributed by atoms with Crippen LogP contribution in [0.4, 0.5) is 11.4 Å². The van der Waals surface area contributed by atoms with E-state index in [1.165, 1.54) is 0 Å². The molecule has 0 saturated carbocycles. The lowest BCUT2D eigenvalue weighted by Crippen LogP contribution is -2.29. The van der Waals surface area contributed by atoms with Gasteiger partial charge in [0.25, 0.3) is 5.91 Å². The Morgan fingerprint density at radius 3 is 2.33 bits per heavy atom. The van der Waals surface area contributed by atoms with E-state index in [2.05, 4.69) is 10.1 Å². The van der Waals surface area contributed by atoms with Crippen LogP contribution in [-0.4, -0.2) is 34.2 Å². The molecule has 146 valence electrons. The summed E-state index contributed by atoms with van der Waals surface area (Å²) in [6.07, 6.45) is 1.21. The average molecular weight is 391 g/mol. The van der Waals surface area contributed by atoms with Gasteiger partial charge in [-0.3, -0.25) is 14.9 Å². The second-order valence-electron chi connectivity index (χ2n) is 6.51. The first-order chi connectivity index (χ1) is 12.8. The van der Waals surface area contributed by atoms with Gasteiger partial charge in [-0.2, -0.15) is 0 Å². The lowest BCUT2D eigenvalue weighted by molar-refractivity contribution is 0.0953. The topological polar surface area (TPSA) is 105 Å². The van der Waals surface area contributed by atoms with Gasteiger partial charge < -0.3 is 4.90 Å². The summed E-state index contributed by atoms with van der Waals surface area (Å²) in [5.41, 5.74) is 6.16. The molecular formula is C19H26N4O3S. The largest absolute Gasteiger partial charge is 0.377 e. The Labute approximate surface area is 160 Å². The summed E-state index contributed by atoms with van der Waals surface area (Å²) < 4.78 is 26.6. The Kier molecular flexibility index (Phi) is 6.81. The summed E-state index contributed by atoms with van der Waals surface area (Å²) in [7, 11) is 0.498. The number of nitrogens with two attached hydrogens (primary N) is 1. The van der Waals surface area contributed by atoms with Crippen LogP contribution < -0.4 is 20.9 Å². The second kappa shape index (κ2) is 8.88. The number of rotatable bonds is 8. The monoisotopic (exact) mass is 390 g/mol. The minimum absolute atomic E-state index is 0.0920. The number of carbonyl (C=O) groups is 1. The molecular weight excluding hydrogens is 364 g/mol. The van der Waals surface area contributed by atoms with Crippen molar-refractivity contribution in [2.45, 2.75) is 19.8 Å². The summed E-state index contributed by atoms with van der Waals surface area (Å²) in [5, 5.41) is 0. The number of carbonyl (C=O) groups excluding carboxylic acids is 1. The van der Waals surface area contributed by atoms with Crippen molar-refractivity contribution in [3.8, 4) is 0 Å². The smallest absolute Gasteiger partial charge is 0.265 e. The van der Waals surface area contributed by atoms with Crippen molar-refractivity contribution in [3.05, 3.63) is 59.2 Å². The fourth-order valence-corrected chi connectivity index (χ4v) is 3.90. The highest BCUT2D eigenvalue weighted by Crippen LogP contribution is 2.26. The second-order valence-corrected chi connectivity index (χ2v) is 8.35. The van der Waals surface area contributed by atoms with Crippen LogP contribution in [0.5, 0.6) is 0 Å². The first-order valence-corrected chi connectivity index (χ1v) is 10.3. The Hall–Kier alpha value is -2.58. The third-order valence-electron chi connectivity index (χ3n) is 4.06. The zero-order chi connectivity index (χ0) is 20.0. The molecule has 0 saturated heterocycles. The molecule has 27 heavy (non-hydrogen) atoms. The molecule has 0 unspecified atom stereocenters. The highest BCUT2D eigenvalue weighted by Gasteiger charge is 2.12. The van der Waals surface area contributed by atoms with Gasteiger partial charge in [-0.25, -0.2) is 14.3 Å². The molecule has 0 bridgehead atoms. The van der Waals surface area contributed by atoms with Gasteiger partial charge in [-0.1, -0.05) is 25.1 Å². The van der Waals surface area contributed by atoms with E-state index in [1.54, 1.807) is 18.2 Å². The molecule has 1 amide bonds. The molecule has 4 N–H and O–H groups in total. The van der Waals surface area contributed by atoms with E-state index in [4.69, 9.17) is 5.84 Å².